The van der Waals surface area contributed by atoms with E-state index in [1.165, 1.54) is 28.0 Å². The number of thiophene rings is 1. The van der Waals surface area contributed by atoms with Crippen LogP contribution in [0.5, 0.6) is 0 Å². The lowest BCUT2D eigenvalue weighted by Crippen LogP contribution is -2.17. The number of thioether (sulfide) groups is 1. The molecule has 0 bridgehead atoms. The third-order valence-electron chi connectivity index (χ3n) is 4.98. The van der Waals surface area contributed by atoms with E-state index in [9.17, 15) is 9.59 Å². The van der Waals surface area contributed by atoms with E-state index in [1.54, 1.807) is 17.9 Å². The van der Waals surface area contributed by atoms with Crippen LogP contribution in [-0.2, 0) is 22.4 Å². The standard InChI is InChI=1S/C22H24N4O3S2/c1-2-29-21(28)19-16-11-7-4-8-12-17(16)31-20(19)24-18(27)13-30-22-23-14-26(25-22)15-9-5-3-6-10-15/h3,5-6,9-10,14H,2,4,7-8,11-13H2,1H3,(H,24,27). The van der Waals surface area contributed by atoms with Gasteiger partial charge in [-0.2, -0.15) is 0 Å². The maximum atomic E-state index is 12.6. The SMILES string of the molecule is CCOC(=O)c1c(NC(=O)CSc2ncn(-c3ccccc3)n2)sc2c1CCCCC2. The molecule has 0 saturated carbocycles. The van der Waals surface area contributed by atoms with Gasteiger partial charge in [0.1, 0.15) is 11.3 Å². The Morgan fingerprint density at radius 3 is 2.81 bits per heavy atom. The van der Waals surface area contributed by atoms with Gasteiger partial charge in [-0.15, -0.1) is 16.4 Å². The number of nitrogens with zero attached hydrogens (tertiary/aromatic N) is 3. The molecule has 2 heterocycles. The Kier molecular flexibility index (Phi) is 7.03. The highest BCUT2D eigenvalue weighted by atomic mass is 32.2. The zero-order valence-electron chi connectivity index (χ0n) is 17.3. The Bertz CT molecular complexity index is 1060. The van der Waals surface area contributed by atoms with E-state index in [-0.39, 0.29) is 17.6 Å². The summed E-state index contributed by atoms with van der Waals surface area (Å²) < 4.78 is 6.95. The van der Waals surface area contributed by atoms with Crippen molar-refractivity contribution in [1.82, 2.24) is 14.8 Å². The van der Waals surface area contributed by atoms with Crippen LogP contribution in [0.4, 0.5) is 5.00 Å². The molecule has 162 valence electrons. The predicted molar refractivity (Wildman–Crippen MR) is 122 cm³/mol. The Morgan fingerprint density at radius 2 is 2.00 bits per heavy atom. The molecule has 0 saturated heterocycles. The monoisotopic (exact) mass is 456 g/mol. The normalized spacial score (nSPS) is 13.3. The van der Waals surface area contributed by atoms with E-state index in [1.807, 2.05) is 30.3 Å². The van der Waals surface area contributed by atoms with Gasteiger partial charge in [0.15, 0.2) is 0 Å². The van der Waals surface area contributed by atoms with E-state index in [0.29, 0.717) is 22.3 Å². The van der Waals surface area contributed by atoms with Crippen molar-refractivity contribution >= 4 is 40.0 Å². The summed E-state index contributed by atoms with van der Waals surface area (Å²) in [6.07, 6.45) is 6.74. The molecule has 0 unspecified atom stereocenters. The highest BCUT2D eigenvalue weighted by Gasteiger charge is 2.26. The lowest BCUT2D eigenvalue weighted by molar-refractivity contribution is -0.113. The van der Waals surface area contributed by atoms with Crippen LogP contribution >= 0.6 is 23.1 Å². The fourth-order valence-corrected chi connectivity index (χ4v) is 5.46. The number of ether oxygens (including phenoxy) is 1. The van der Waals surface area contributed by atoms with Crippen molar-refractivity contribution in [2.75, 3.05) is 17.7 Å². The molecule has 1 aliphatic rings. The van der Waals surface area contributed by atoms with Crippen LogP contribution < -0.4 is 5.32 Å². The van der Waals surface area contributed by atoms with Crippen LogP contribution in [0, 0.1) is 0 Å². The summed E-state index contributed by atoms with van der Waals surface area (Å²) >= 11 is 2.76. The van der Waals surface area contributed by atoms with Gasteiger partial charge in [-0.1, -0.05) is 36.4 Å². The number of aryl methyl sites for hydroxylation is 1. The van der Waals surface area contributed by atoms with E-state index in [2.05, 4.69) is 15.4 Å². The molecule has 7 nitrogen and oxygen atoms in total. The molecule has 2 aromatic heterocycles. The van der Waals surface area contributed by atoms with Crippen molar-refractivity contribution in [3.05, 3.63) is 52.7 Å². The molecular weight excluding hydrogens is 432 g/mol. The second-order valence-corrected chi connectivity index (χ2v) is 9.18. The molecule has 9 heteroatoms. The molecule has 0 spiro atoms. The van der Waals surface area contributed by atoms with Crippen molar-refractivity contribution in [2.24, 2.45) is 0 Å². The number of para-hydroxylation sites is 1. The van der Waals surface area contributed by atoms with E-state index >= 15 is 0 Å². The summed E-state index contributed by atoms with van der Waals surface area (Å²) in [5.41, 5.74) is 2.49. The molecule has 31 heavy (non-hydrogen) atoms. The molecule has 1 amide bonds. The molecule has 0 fully saturated rings. The second-order valence-electron chi connectivity index (χ2n) is 7.13. The maximum absolute atomic E-state index is 12.6. The van der Waals surface area contributed by atoms with Gasteiger partial charge in [0.2, 0.25) is 11.1 Å². The fraction of sp³-hybridized carbons (Fsp3) is 0.364. The van der Waals surface area contributed by atoms with Crippen LogP contribution in [0.15, 0.2) is 41.8 Å². The molecule has 0 atom stereocenters. The molecule has 4 rings (SSSR count). The first-order valence-corrected chi connectivity index (χ1v) is 12.2. The highest BCUT2D eigenvalue weighted by molar-refractivity contribution is 7.99. The minimum absolute atomic E-state index is 0.156. The van der Waals surface area contributed by atoms with Crippen LogP contribution in [0.25, 0.3) is 5.69 Å². The number of carbonyl (C=O) groups excluding carboxylic acids is 2. The molecule has 1 aromatic carbocycles. The highest BCUT2D eigenvalue weighted by Crippen LogP contribution is 2.38. The summed E-state index contributed by atoms with van der Waals surface area (Å²) in [5.74, 6) is -0.389. The van der Waals surface area contributed by atoms with Crippen LogP contribution in [0.3, 0.4) is 0 Å². The number of rotatable bonds is 7. The maximum Gasteiger partial charge on any atom is 0.341 e. The molecule has 1 aliphatic carbocycles. The predicted octanol–water partition coefficient (Wildman–Crippen LogP) is 4.51. The number of hydrogen-bond donors (Lipinski definition) is 1. The Balaban J connectivity index is 1.44. The number of anilines is 1. The smallest absolute Gasteiger partial charge is 0.341 e. The van der Waals surface area contributed by atoms with Crippen molar-refractivity contribution < 1.29 is 14.3 Å². The van der Waals surface area contributed by atoms with Gasteiger partial charge in [-0.3, -0.25) is 4.79 Å². The largest absolute Gasteiger partial charge is 0.462 e. The number of amides is 1. The zero-order valence-corrected chi connectivity index (χ0v) is 18.9. The summed E-state index contributed by atoms with van der Waals surface area (Å²) in [4.78, 5) is 30.7. The van der Waals surface area contributed by atoms with Gasteiger partial charge in [0.25, 0.3) is 0 Å². The Hall–Kier alpha value is -2.65. The topological polar surface area (TPSA) is 86.1 Å². The number of hydrogen-bond acceptors (Lipinski definition) is 7. The Labute approximate surface area is 189 Å². The van der Waals surface area contributed by atoms with E-state index < -0.39 is 0 Å². The average molecular weight is 457 g/mol. The van der Waals surface area contributed by atoms with Crippen molar-refractivity contribution in [1.29, 1.82) is 0 Å². The summed E-state index contributed by atoms with van der Waals surface area (Å²) in [7, 11) is 0. The summed E-state index contributed by atoms with van der Waals surface area (Å²) in [5, 5.41) is 8.46. The molecule has 1 N–H and O–H groups in total. The number of esters is 1. The minimum Gasteiger partial charge on any atom is -0.462 e. The van der Waals surface area contributed by atoms with Crippen LogP contribution in [0.1, 0.15) is 47.0 Å². The van der Waals surface area contributed by atoms with E-state index in [0.717, 1.165) is 43.4 Å². The average Bonchev–Trinajstić information content (AvgIpc) is 3.31. The van der Waals surface area contributed by atoms with Gasteiger partial charge in [0.05, 0.1) is 23.6 Å². The first-order valence-electron chi connectivity index (χ1n) is 10.4. The molecule has 0 radical (unpaired) electrons. The van der Waals surface area contributed by atoms with Crippen molar-refractivity contribution in [2.45, 2.75) is 44.2 Å². The van der Waals surface area contributed by atoms with Gasteiger partial charge in [0, 0.05) is 4.88 Å². The van der Waals surface area contributed by atoms with E-state index in [4.69, 9.17) is 4.74 Å². The van der Waals surface area contributed by atoms with Crippen molar-refractivity contribution in [3.8, 4) is 5.69 Å². The first kappa shape index (κ1) is 21.6. The minimum atomic E-state index is -0.354. The third-order valence-corrected chi connectivity index (χ3v) is 7.04. The number of benzene rings is 1. The van der Waals surface area contributed by atoms with Crippen LogP contribution in [-0.4, -0.2) is 39.0 Å². The third kappa shape index (κ3) is 5.16. The van der Waals surface area contributed by atoms with Gasteiger partial charge >= 0.3 is 5.97 Å². The molecular formula is C22H24N4O3S2. The zero-order chi connectivity index (χ0) is 21.6. The Morgan fingerprint density at radius 1 is 1.19 bits per heavy atom. The van der Waals surface area contributed by atoms with Gasteiger partial charge in [-0.25, -0.2) is 14.5 Å². The number of carbonyl (C=O) groups is 2. The summed E-state index contributed by atoms with van der Waals surface area (Å²) in [6.45, 7) is 2.10. The molecule has 0 aliphatic heterocycles. The van der Waals surface area contributed by atoms with Crippen molar-refractivity contribution in [3.63, 3.8) is 0 Å². The first-order chi connectivity index (χ1) is 15.2. The number of nitrogens with one attached hydrogen (secondary N) is 1. The summed E-state index contributed by atoms with van der Waals surface area (Å²) in [6, 6.07) is 9.68. The lowest BCUT2D eigenvalue weighted by Gasteiger charge is -2.08. The lowest BCUT2D eigenvalue weighted by atomic mass is 10.1. The second kappa shape index (κ2) is 10.1. The molecule has 3 aromatic rings. The fourth-order valence-electron chi connectivity index (χ4n) is 3.56. The van der Waals surface area contributed by atoms with Gasteiger partial charge < -0.3 is 10.1 Å². The van der Waals surface area contributed by atoms with Gasteiger partial charge in [-0.05, 0) is 50.3 Å². The van der Waals surface area contributed by atoms with Crippen LogP contribution in [0.2, 0.25) is 0 Å². The number of aromatic nitrogens is 3. The quantitative estimate of drug-likeness (QED) is 0.320. The number of fused-ring (bicyclic) bond motifs is 1.